The van der Waals surface area contributed by atoms with Gasteiger partial charge in [-0.2, -0.15) is 0 Å². The normalized spacial score (nSPS) is 14.5. The molecule has 2 heterocycles. The van der Waals surface area contributed by atoms with Crippen LogP contribution in [0.15, 0.2) is 53.0 Å². The highest BCUT2D eigenvalue weighted by atomic mass is 32.1. The Morgan fingerprint density at radius 3 is 2.75 bits per heavy atom. The summed E-state index contributed by atoms with van der Waals surface area (Å²) in [5.41, 5.74) is 2.27. The average Bonchev–Trinajstić information content (AvgIpc) is 2.92. The molecule has 140 valence electrons. The summed E-state index contributed by atoms with van der Waals surface area (Å²) in [6.45, 7) is 2.29. The molecule has 1 N–H and O–H groups in total. The third kappa shape index (κ3) is 3.58. The van der Waals surface area contributed by atoms with Crippen molar-refractivity contribution in [3.8, 4) is 5.88 Å². The summed E-state index contributed by atoms with van der Waals surface area (Å²) in [7, 11) is 0. The molecule has 7 heteroatoms. The van der Waals surface area contributed by atoms with Gasteiger partial charge < -0.3 is 5.11 Å². The molecule has 4 nitrogen and oxygen atoms in total. The summed E-state index contributed by atoms with van der Waals surface area (Å²) < 4.78 is 15.1. The Hall–Kier alpha value is -2.90. The van der Waals surface area contributed by atoms with Gasteiger partial charge in [0.1, 0.15) is 5.82 Å². The maximum absolute atomic E-state index is 13.1. The molecule has 2 aromatic carbocycles. The number of carbonyl (C=O) groups excluding carboxylic acids is 1. The number of aromatic nitrogens is 1. The molecule has 0 unspecified atom stereocenters. The summed E-state index contributed by atoms with van der Waals surface area (Å²) in [5.74, 6) is -0.707. The van der Waals surface area contributed by atoms with E-state index in [4.69, 9.17) is 12.2 Å². The minimum absolute atomic E-state index is 0.0249. The molecule has 4 rings (SSSR count). The zero-order valence-corrected chi connectivity index (χ0v) is 16.5. The molecule has 0 bridgehead atoms. The second kappa shape index (κ2) is 7.26. The van der Waals surface area contributed by atoms with Crippen LogP contribution in [0.4, 0.5) is 4.39 Å². The van der Waals surface area contributed by atoms with E-state index in [0.29, 0.717) is 26.3 Å². The van der Waals surface area contributed by atoms with Crippen LogP contribution in [0.3, 0.4) is 0 Å². The molecule has 1 aliphatic heterocycles. The highest BCUT2D eigenvalue weighted by molar-refractivity contribution is 7.73. The van der Waals surface area contributed by atoms with Crippen LogP contribution in [0, 0.1) is 16.7 Å². The van der Waals surface area contributed by atoms with Crippen LogP contribution in [-0.2, 0) is 11.3 Å². The van der Waals surface area contributed by atoms with Crippen molar-refractivity contribution in [3.05, 3.63) is 84.4 Å². The molecule has 0 spiro atoms. The van der Waals surface area contributed by atoms with Crippen LogP contribution >= 0.6 is 23.6 Å². The number of hydrogen-bond acceptors (Lipinski definition) is 4. The first-order valence-electron chi connectivity index (χ1n) is 8.51. The van der Waals surface area contributed by atoms with E-state index in [2.05, 4.69) is 4.99 Å². The Morgan fingerprint density at radius 2 is 2.00 bits per heavy atom. The maximum Gasteiger partial charge on any atom is 0.277 e. The van der Waals surface area contributed by atoms with Crippen LogP contribution in [-0.4, -0.2) is 15.6 Å². The first-order chi connectivity index (χ1) is 13.4. The molecule has 0 atom stereocenters. The standard InChI is InChI=1S/C21H15FN2O2S2/c1-12-2-7-17-14(8-12)9-15(19(25)23-17)10-18-20(26)24(21(27)28-18)11-13-3-5-16(22)6-4-13/h2-10,26H,11H2,1H3/b15-10+. The van der Waals surface area contributed by atoms with Crippen LogP contribution in [0.25, 0.3) is 12.2 Å². The van der Waals surface area contributed by atoms with Gasteiger partial charge in [0.05, 0.1) is 16.8 Å². The van der Waals surface area contributed by atoms with Crippen molar-refractivity contribution in [3.63, 3.8) is 0 Å². The number of nitrogens with zero attached hydrogens (tertiary/aromatic N) is 2. The van der Waals surface area contributed by atoms with Crippen LogP contribution < -0.4 is 10.6 Å². The van der Waals surface area contributed by atoms with E-state index in [1.54, 1.807) is 28.9 Å². The lowest BCUT2D eigenvalue weighted by Crippen LogP contribution is -2.30. The zero-order chi connectivity index (χ0) is 19.8. The number of halogens is 1. The summed E-state index contributed by atoms with van der Waals surface area (Å²) >= 11 is 6.57. The highest BCUT2D eigenvalue weighted by Crippen LogP contribution is 2.30. The fraction of sp³-hybridized carbons (Fsp3) is 0.0952. The van der Waals surface area contributed by atoms with Crippen molar-refractivity contribution < 1.29 is 14.3 Å². The number of benzene rings is 2. The van der Waals surface area contributed by atoms with E-state index in [1.807, 2.05) is 25.1 Å². The number of carbonyl (C=O) groups is 1. The lowest BCUT2D eigenvalue weighted by atomic mass is 10.1. The SMILES string of the molecule is Cc1ccc2c(c1)=C/C(=C\c1sc(=S)n(Cc3ccc(F)cc3)c1O)C(=O)N=2. The van der Waals surface area contributed by atoms with E-state index in [1.165, 1.54) is 23.5 Å². The minimum Gasteiger partial charge on any atom is -0.493 e. The fourth-order valence-electron chi connectivity index (χ4n) is 2.96. The van der Waals surface area contributed by atoms with Gasteiger partial charge in [-0.05, 0) is 61.1 Å². The number of rotatable bonds is 3. The van der Waals surface area contributed by atoms with Crippen molar-refractivity contribution in [2.75, 3.05) is 0 Å². The van der Waals surface area contributed by atoms with E-state index < -0.39 is 0 Å². The monoisotopic (exact) mass is 410 g/mol. The molecule has 0 saturated heterocycles. The van der Waals surface area contributed by atoms with Gasteiger partial charge in [-0.3, -0.25) is 9.36 Å². The van der Waals surface area contributed by atoms with Gasteiger partial charge in [0.25, 0.3) is 5.91 Å². The summed E-state index contributed by atoms with van der Waals surface area (Å²) in [6, 6.07) is 11.7. The largest absolute Gasteiger partial charge is 0.493 e. The highest BCUT2D eigenvalue weighted by Gasteiger charge is 2.15. The number of aryl methyl sites for hydroxylation is 1. The fourth-order valence-corrected chi connectivity index (χ4v) is 4.22. The van der Waals surface area contributed by atoms with Crippen LogP contribution in [0.1, 0.15) is 16.0 Å². The minimum atomic E-state index is -0.361. The smallest absolute Gasteiger partial charge is 0.277 e. The number of amides is 1. The third-order valence-electron chi connectivity index (χ3n) is 4.40. The molecule has 1 amide bonds. The maximum atomic E-state index is 13.1. The van der Waals surface area contributed by atoms with Crippen LogP contribution in [0.5, 0.6) is 5.88 Å². The van der Waals surface area contributed by atoms with E-state index in [0.717, 1.165) is 16.3 Å². The van der Waals surface area contributed by atoms with Gasteiger partial charge in [-0.1, -0.05) is 23.8 Å². The van der Waals surface area contributed by atoms with E-state index >= 15 is 0 Å². The molecule has 3 aromatic rings. The summed E-state index contributed by atoms with van der Waals surface area (Å²) in [5, 5.41) is 12.1. The molecule has 1 aromatic heterocycles. The third-order valence-corrected chi connectivity index (χ3v) is 5.78. The predicted molar refractivity (Wildman–Crippen MR) is 110 cm³/mol. The summed E-state index contributed by atoms with van der Waals surface area (Å²) in [6.07, 6.45) is 3.37. The molecule has 0 radical (unpaired) electrons. The Bertz CT molecular complexity index is 1300. The topological polar surface area (TPSA) is 54.6 Å². The van der Waals surface area contributed by atoms with E-state index in [-0.39, 0.29) is 17.6 Å². The van der Waals surface area contributed by atoms with Crippen molar-refractivity contribution in [2.24, 2.45) is 4.99 Å². The Morgan fingerprint density at radius 1 is 1.25 bits per heavy atom. The number of aromatic hydroxyl groups is 1. The van der Waals surface area contributed by atoms with Crippen molar-refractivity contribution >= 4 is 41.6 Å². The lowest BCUT2D eigenvalue weighted by Gasteiger charge is -2.06. The molecule has 0 aliphatic carbocycles. The van der Waals surface area contributed by atoms with Gasteiger partial charge in [0.2, 0.25) is 5.88 Å². The number of hydrogen-bond donors (Lipinski definition) is 1. The first-order valence-corrected chi connectivity index (χ1v) is 9.73. The molecular formula is C21H15FN2O2S2. The van der Waals surface area contributed by atoms with Gasteiger partial charge >= 0.3 is 0 Å². The van der Waals surface area contributed by atoms with Gasteiger partial charge in [0, 0.05) is 10.8 Å². The molecule has 0 fully saturated rings. The molecular weight excluding hydrogens is 395 g/mol. The molecule has 28 heavy (non-hydrogen) atoms. The average molecular weight is 410 g/mol. The van der Waals surface area contributed by atoms with Crippen molar-refractivity contribution in [1.29, 1.82) is 0 Å². The van der Waals surface area contributed by atoms with Crippen molar-refractivity contribution in [2.45, 2.75) is 13.5 Å². The first kappa shape index (κ1) is 18.5. The van der Waals surface area contributed by atoms with Gasteiger partial charge in [-0.15, -0.1) is 11.3 Å². The van der Waals surface area contributed by atoms with Crippen LogP contribution in [0.2, 0.25) is 0 Å². The zero-order valence-electron chi connectivity index (χ0n) is 14.8. The Labute approximate surface area is 169 Å². The second-order valence-electron chi connectivity index (χ2n) is 6.49. The molecule has 0 saturated carbocycles. The van der Waals surface area contributed by atoms with Crippen molar-refractivity contribution in [1.82, 2.24) is 4.57 Å². The van der Waals surface area contributed by atoms with Gasteiger partial charge in [-0.25, -0.2) is 9.38 Å². The molecule has 1 aliphatic rings. The Kier molecular flexibility index (Phi) is 4.78. The number of thiazole rings is 1. The Balaban J connectivity index is 1.73. The summed E-state index contributed by atoms with van der Waals surface area (Å²) in [4.78, 5) is 17.0. The predicted octanol–water partition coefficient (Wildman–Crippen LogP) is 3.50. The quantitative estimate of drug-likeness (QED) is 0.531. The number of fused-ring (bicyclic) bond motifs is 1. The van der Waals surface area contributed by atoms with E-state index in [9.17, 15) is 14.3 Å². The van der Waals surface area contributed by atoms with Gasteiger partial charge in [0.15, 0.2) is 3.95 Å². The lowest BCUT2D eigenvalue weighted by molar-refractivity contribution is -0.114. The second-order valence-corrected chi connectivity index (χ2v) is 8.17.